The number of halogens is 1. The molecule has 1 amide bonds. The van der Waals surface area contributed by atoms with Gasteiger partial charge in [0, 0.05) is 5.56 Å². The number of nitrogens with one attached hydrogen (secondary N) is 1. The quantitative estimate of drug-likeness (QED) is 0.743. The molecule has 1 N–H and O–H groups in total. The van der Waals surface area contributed by atoms with E-state index in [4.69, 9.17) is 20.9 Å². The van der Waals surface area contributed by atoms with Gasteiger partial charge >= 0.3 is 0 Å². The van der Waals surface area contributed by atoms with Crippen LogP contribution >= 0.6 is 11.6 Å². The molecule has 0 fully saturated rings. The van der Waals surface area contributed by atoms with Crippen molar-refractivity contribution >= 4 is 23.5 Å². The smallest absolute Gasteiger partial charge is 0.270 e. The minimum atomic E-state index is -0.777. The molecule has 0 radical (unpaired) electrons. The van der Waals surface area contributed by atoms with Crippen LogP contribution < -0.4 is 10.1 Å². The summed E-state index contributed by atoms with van der Waals surface area (Å²) in [6.07, 6.45) is -0.777. The Labute approximate surface area is 149 Å². The Morgan fingerprint density at radius 3 is 2.80 bits per heavy atom. The number of hydrogen-bond acceptors (Lipinski definition) is 5. The number of anilines is 1. The van der Waals surface area contributed by atoms with Gasteiger partial charge in [0.25, 0.3) is 17.7 Å². The summed E-state index contributed by atoms with van der Waals surface area (Å²) in [5, 5.41) is 6.77. The summed E-state index contributed by atoms with van der Waals surface area (Å²) in [5.41, 5.74) is 1.86. The van der Waals surface area contributed by atoms with E-state index in [1.807, 2.05) is 31.2 Å². The highest BCUT2D eigenvalue weighted by atomic mass is 35.5. The van der Waals surface area contributed by atoms with Crippen LogP contribution in [0.4, 0.5) is 5.95 Å². The van der Waals surface area contributed by atoms with Crippen molar-refractivity contribution in [3.63, 3.8) is 0 Å². The standard InChI is InChI=1S/C18H16ClN3O3/c1-11-6-5-7-13(10-11)17-21-18(22-25-17)20-16(23)12(2)24-15-9-4-3-8-14(15)19/h3-10,12H,1-2H3,(H,20,22,23)/t12-/m0/s1. The van der Waals surface area contributed by atoms with Gasteiger partial charge in [-0.3, -0.25) is 10.1 Å². The van der Waals surface area contributed by atoms with Crippen LogP contribution in [0.15, 0.2) is 53.1 Å². The van der Waals surface area contributed by atoms with Crippen LogP contribution in [-0.4, -0.2) is 22.2 Å². The molecular weight excluding hydrogens is 342 g/mol. The third kappa shape index (κ3) is 4.16. The predicted molar refractivity (Wildman–Crippen MR) is 94.6 cm³/mol. The molecule has 3 rings (SSSR count). The zero-order valence-electron chi connectivity index (χ0n) is 13.7. The van der Waals surface area contributed by atoms with Crippen molar-refractivity contribution in [2.24, 2.45) is 0 Å². The molecule has 0 unspecified atom stereocenters. The van der Waals surface area contributed by atoms with Crippen LogP contribution in [-0.2, 0) is 4.79 Å². The number of nitrogens with zero attached hydrogens (tertiary/aromatic N) is 2. The number of aryl methyl sites for hydroxylation is 1. The highest BCUT2D eigenvalue weighted by Crippen LogP contribution is 2.24. The average molecular weight is 358 g/mol. The molecule has 1 aromatic heterocycles. The molecule has 0 aliphatic carbocycles. The van der Waals surface area contributed by atoms with Crippen molar-refractivity contribution in [3.8, 4) is 17.2 Å². The number of ether oxygens (including phenoxy) is 1. The zero-order chi connectivity index (χ0) is 17.8. The first-order valence-corrected chi connectivity index (χ1v) is 8.03. The van der Waals surface area contributed by atoms with Gasteiger partial charge in [-0.05, 0) is 43.3 Å². The van der Waals surface area contributed by atoms with Crippen LogP contribution in [0.3, 0.4) is 0 Å². The summed E-state index contributed by atoms with van der Waals surface area (Å²) < 4.78 is 10.7. The van der Waals surface area contributed by atoms with Gasteiger partial charge in [0.05, 0.1) is 5.02 Å². The van der Waals surface area contributed by atoms with Gasteiger partial charge in [0.15, 0.2) is 6.10 Å². The lowest BCUT2D eigenvalue weighted by molar-refractivity contribution is -0.122. The fourth-order valence-electron chi connectivity index (χ4n) is 2.17. The summed E-state index contributed by atoms with van der Waals surface area (Å²) in [7, 11) is 0. The number of aromatic nitrogens is 2. The molecule has 1 heterocycles. The van der Waals surface area contributed by atoms with Gasteiger partial charge in [0.1, 0.15) is 5.75 Å². The van der Waals surface area contributed by atoms with Crippen molar-refractivity contribution < 1.29 is 14.1 Å². The Morgan fingerprint density at radius 2 is 2.04 bits per heavy atom. The maximum atomic E-state index is 12.2. The van der Waals surface area contributed by atoms with Crippen LogP contribution in [0.2, 0.25) is 5.02 Å². The van der Waals surface area contributed by atoms with Crippen LogP contribution in [0, 0.1) is 6.92 Å². The van der Waals surface area contributed by atoms with Gasteiger partial charge < -0.3 is 9.26 Å². The van der Waals surface area contributed by atoms with E-state index in [1.165, 1.54) is 0 Å². The number of amides is 1. The normalized spacial score (nSPS) is 11.8. The van der Waals surface area contributed by atoms with E-state index < -0.39 is 12.0 Å². The van der Waals surface area contributed by atoms with Gasteiger partial charge in [-0.25, -0.2) is 0 Å². The molecule has 0 spiro atoms. The second-order valence-corrected chi connectivity index (χ2v) is 5.88. The molecule has 128 valence electrons. The van der Waals surface area contributed by atoms with E-state index in [-0.39, 0.29) is 5.95 Å². The molecule has 7 heteroatoms. The summed E-state index contributed by atoms with van der Waals surface area (Å²) in [4.78, 5) is 16.4. The molecule has 0 saturated carbocycles. The predicted octanol–water partition coefficient (Wildman–Crippen LogP) is 4.10. The Morgan fingerprint density at radius 1 is 1.24 bits per heavy atom. The first-order chi connectivity index (χ1) is 12.0. The second-order valence-electron chi connectivity index (χ2n) is 5.47. The molecule has 0 aliphatic rings. The summed E-state index contributed by atoms with van der Waals surface area (Å²) in [6, 6.07) is 14.6. The van der Waals surface area contributed by atoms with E-state index in [1.54, 1.807) is 31.2 Å². The first kappa shape index (κ1) is 17.0. The number of carbonyl (C=O) groups is 1. The summed E-state index contributed by atoms with van der Waals surface area (Å²) in [6.45, 7) is 3.58. The SMILES string of the molecule is Cc1cccc(-c2nc(NC(=O)[C@H](C)Oc3ccccc3Cl)no2)c1. The number of para-hydroxylation sites is 1. The van der Waals surface area contributed by atoms with E-state index in [0.29, 0.717) is 16.7 Å². The van der Waals surface area contributed by atoms with E-state index >= 15 is 0 Å². The topological polar surface area (TPSA) is 77.2 Å². The largest absolute Gasteiger partial charge is 0.479 e. The average Bonchev–Trinajstić information content (AvgIpc) is 3.05. The van der Waals surface area contributed by atoms with Crippen molar-refractivity contribution in [2.45, 2.75) is 20.0 Å². The van der Waals surface area contributed by atoms with Gasteiger partial charge in [-0.15, -0.1) is 0 Å². The minimum absolute atomic E-state index is 0.0797. The Balaban J connectivity index is 1.66. The van der Waals surface area contributed by atoms with E-state index in [9.17, 15) is 4.79 Å². The third-order valence-corrected chi connectivity index (χ3v) is 3.75. The fraction of sp³-hybridized carbons (Fsp3) is 0.167. The number of benzene rings is 2. The monoisotopic (exact) mass is 357 g/mol. The Kier molecular flexibility index (Phi) is 5.00. The fourth-order valence-corrected chi connectivity index (χ4v) is 2.35. The lowest BCUT2D eigenvalue weighted by Gasteiger charge is -2.14. The van der Waals surface area contributed by atoms with Crippen LogP contribution in [0.5, 0.6) is 5.75 Å². The maximum Gasteiger partial charge on any atom is 0.270 e. The molecule has 1 atom stereocenters. The lowest BCUT2D eigenvalue weighted by atomic mass is 10.1. The van der Waals surface area contributed by atoms with Crippen molar-refractivity contribution in [1.82, 2.24) is 10.1 Å². The molecule has 25 heavy (non-hydrogen) atoms. The Bertz CT molecular complexity index is 895. The first-order valence-electron chi connectivity index (χ1n) is 7.66. The highest BCUT2D eigenvalue weighted by Gasteiger charge is 2.19. The summed E-state index contributed by atoms with van der Waals surface area (Å²) >= 11 is 6.02. The van der Waals surface area contributed by atoms with Crippen LogP contribution in [0.1, 0.15) is 12.5 Å². The van der Waals surface area contributed by atoms with Crippen molar-refractivity contribution in [1.29, 1.82) is 0 Å². The molecule has 0 aliphatic heterocycles. The second kappa shape index (κ2) is 7.36. The molecule has 2 aromatic carbocycles. The zero-order valence-corrected chi connectivity index (χ0v) is 14.4. The number of hydrogen-bond donors (Lipinski definition) is 1. The molecule has 0 bridgehead atoms. The molecule has 3 aromatic rings. The summed E-state index contributed by atoms with van der Waals surface area (Å²) in [5.74, 6) is 0.437. The molecule has 0 saturated heterocycles. The van der Waals surface area contributed by atoms with Gasteiger partial charge in [0.2, 0.25) is 0 Å². The van der Waals surface area contributed by atoms with Crippen LogP contribution in [0.25, 0.3) is 11.5 Å². The van der Waals surface area contributed by atoms with Crippen molar-refractivity contribution in [2.75, 3.05) is 5.32 Å². The van der Waals surface area contributed by atoms with Crippen molar-refractivity contribution in [3.05, 3.63) is 59.1 Å². The minimum Gasteiger partial charge on any atom is -0.479 e. The van der Waals surface area contributed by atoms with Gasteiger partial charge in [-0.2, -0.15) is 4.98 Å². The van der Waals surface area contributed by atoms with E-state index in [2.05, 4.69) is 15.5 Å². The highest BCUT2D eigenvalue weighted by molar-refractivity contribution is 6.32. The maximum absolute atomic E-state index is 12.2. The number of carbonyl (C=O) groups excluding carboxylic acids is 1. The lowest BCUT2D eigenvalue weighted by Crippen LogP contribution is -2.30. The number of rotatable bonds is 5. The van der Waals surface area contributed by atoms with Gasteiger partial charge in [-0.1, -0.05) is 41.4 Å². The third-order valence-electron chi connectivity index (χ3n) is 3.44. The Hall–Kier alpha value is -2.86. The molecule has 6 nitrogen and oxygen atoms in total. The van der Waals surface area contributed by atoms with E-state index in [0.717, 1.165) is 11.1 Å². The molecular formula is C18H16ClN3O3.